The van der Waals surface area contributed by atoms with Gasteiger partial charge in [0.25, 0.3) is 0 Å². The Hall–Kier alpha value is -1.91. The highest BCUT2D eigenvalue weighted by atomic mass is 19.1. The molecule has 2 aromatic rings. The van der Waals surface area contributed by atoms with E-state index in [0.29, 0.717) is 17.3 Å². The van der Waals surface area contributed by atoms with E-state index < -0.39 is 5.82 Å². The number of rotatable bonds is 2. The van der Waals surface area contributed by atoms with E-state index in [9.17, 15) is 4.39 Å². The lowest BCUT2D eigenvalue weighted by Gasteiger charge is -2.18. The lowest BCUT2D eigenvalue weighted by molar-refractivity contribution is 0.427. The second kappa shape index (κ2) is 5.23. The number of aromatic nitrogens is 3. The van der Waals surface area contributed by atoms with Crippen LogP contribution in [0.3, 0.4) is 0 Å². The Kier molecular flexibility index (Phi) is 3.42. The fourth-order valence-corrected chi connectivity index (χ4v) is 2.90. The van der Waals surface area contributed by atoms with E-state index in [2.05, 4.69) is 10.1 Å². The Bertz CT molecular complexity index is 614. The average molecular weight is 274 g/mol. The molecule has 4 nitrogen and oxygen atoms in total. The highest BCUT2D eigenvalue weighted by Crippen LogP contribution is 2.33. The van der Waals surface area contributed by atoms with Gasteiger partial charge in [-0.25, -0.2) is 14.1 Å². The fraction of sp³-hybridized carbons (Fsp3) is 0.467. The van der Waals surface area contributed by atoms with Crippen LogP contribution in [0.5, 0.6) is 0 Å². The van der Waals surface area contributed by atoms with Gasteiger partial charge in [-0.15, -0.1) is 0 Å². The minimum Gasteiger partial charge on any atom is -0.396 e. The summed E-state index contributed by atoms with van der Waals surface area (Å²) in [6.07, 6.45) is 6.05. The Labute approximate surface area is 117 Å². The molecule has 0 unspecified atom stereocenters. The molecule has 1 aromatic heterocycles. The summed E-state index contributed by atoms with van der Waals surface area (Å²) in [5.41, 5.74) is 6.57. The van der Waals surface area contributed by atoms with Gasteiger partial charge in [0, 0.05) is 18.5 Å². The van der Waals surface area contributed by atoms with Gasteiger partial charge < -0.3 is 5.73 Å². The Morgan fingerprint density at radius 2 is 2.00 bits per heavy atom. The molecule has 1 saturated carbocycles. The van der Waals surface area contributed by atoms with Crippen molar-refractivity contribution < 1.29 is 4.39 Å². The molecule has 0 atom stereocenters. The van der Waals surface area contributed by atoms with E-state index in [0.717, 1.165) is 18.7 Å². The van der Waals surface area contributed by atoms with Crippen LogP contribution in [0.4, 0.5) is 10.1 Å². The second-order valence-electron chi connectivity index (χ2n) is 5.45. The van der Waals surface area contributed by atoms with Crippen molar-refractivity contribution >= 4 is 5.69 Å². The normalized spacial score (nSPS) is 16.5. The summed E-state index contributed by atoms with van der Waals surface area (Å²) in [5, 5.41) is 4.51. The number of hydrogen-bond donors (Lipinski definition) is 1. The summed E-state index contributed by atoms with van der Waals surface area (Å²) >= 11 is 0. The Morgan fingerprint density at radius 3 is 2.75 bits per heavy atom. The summed E-state index contributed by atoms with van der Waals surface area (Å²) in [7, 11) is 1.83. The minimum absolute atomic E-state index is 0.137. The van der Waals surface area contributed by atoms with Crippen molar-refractivity contribution in [3.05, 3.63) is 29.8 Å². The van der Waals surface area contributed by atoms with Crippen molar-refractivity contribution in [2.75, 3.05) is 5.73 Å². The smallest absolute Gasteiger partial charge is 0.160 e. The number of hydrogen-bond acceptors (Lipinski definition) is 3. The summed E-state index contributed by atoms with van der Waals surface area (Å²) in [5.74, 6) is 1.52. The highest BCUT2D eigenvalue weighted by molar-refractivity contribution is 5.71. The molecule has 2 N–H and O–H groups in total. The van der Waals surface area contributed by atoms with Crippen molar-refractivity contribution in [1.29, 1.82) is 0 Å². The molecule has 20 heavy (non-hydrogen) atoms. The monoisotopic (exact) mass is 274 g/mol. The summed E-state index contributed by atoms with van der Waals surface area (Å²) < 4.78 is 15.3. The predicted octanol–water partition coefficient (Wildman–Crippen LogP) is 3.25. The molecule has 0 saturated heterocycles. The maximum atomic E-state index is 13.6. The predicted molar refractivity (Wildman–Crippen MR) is 76.6 cm³/mol. The lowest BCUT2D eigenvalue weighted by atomic mass is 9.89. The van der Waals surface area contributed by atoms with Gasteiger partial charge >= 0.3 is 0 Å². The molecular weight excluding hydrogens is 255 g/mol. The highest BCUT2D eigenvalue weighted by Gasteiger charge is 2.22. The van der Waals surface area contributed by atoms with E-state index >= 15 is 0 Å². The first-order chi connectivity index (χ1) is 9.66. The van der Waals surface area contributed by atoms with Crippen LogP contribution in [0.1, 0.15) is 43.8 Å². The first kappa shape index (κ1) is 13.1. The zero-order chi connectivity index (χ0) is 14.1. The van der Waals surface area contributed by atoms with Crippen LogP contribution in [-0.4, -0.2) is 14.8 Å². The van der Waals surface area contributed by atoms with Crippen LogP contribution in [0.15, 0.2) is 18.2 Å². The van der Waals surface area contributed by atoms with Gasteiger partial charge in [0.1, 0.15) is 5.82 Å². The minimum atomic E-state index is -0.412. The quantitative estimate of drug-likeness (QED) is 0.855. The zero-order valence-corrected chi connectivity index (χ0v) is 11.6. The van der Waals surface area contributed by atoms with Crippen LogP contribution in [0.25, 0.3) is 11.4 Å². The molecular formula is C15H19FN4. The van der Waals surface area contributed by atoms with E-state index in [1.165, 1.54) is 25.3 Å². The molecule has 1 fully saturated rings. The number of benzene rings is 1. The number of para-hydroxylation sites is 1. The van der Waals surface area contributed by atoms with Crippen molar-refractivity contribution in [2.24, 2.45) is 7.05 Å². The first-order valence-electron chi connectivity index (χ1n) is 7.12. The number of aryl methyl sites for hydroxylation is 1. The molecule has 0 amide bonds. The number of nitrogens with two attached hydrogens (primary N) is 1. The standard InChI is InChI=1S/C15H19FN4/c1-20-15(11-8-5-9-12(16)13(11)17)18-14(19-20)10-6-3-2-4-7-10/h5,8-10H,2-4,6-7,17H2,1H3. The molecule has 0 spiro atoms. The van der Waals surface area contributed by atoms with Crippen molar-refractivity contribution in [2.45, 2.75) is 38.0 Å². The molecule has 106 valence electrons. The van der Waals surface area contributed by atoms with Crippen LogP contribution in [0, 0.1) is 5.82 Å². The third-order valence-electron chi connectivity index (χ3n) is 4.04. The molecule has 5 heteroatoms. The summed E-state index contributed by atoms with van der Waals surface area (Å²) in [6, 6.07) is 4.79. The van der Waals surface area contributed by atoms with Crippen molar-refractivity contribution in [3.8, 4) is 11.4 Å². The van der Waals surface area contributed by atoms with Gasteiger partial charge in [-0.3, -0.25) is 0 Å². The van der Waals surface area contributed by atoms with E-state index in [4.69, 9.17) is 5.73 Å². The number of nitrogen functional groups attached to an aromatic ring is 1. The first-order valence-corrected chi connectivity index (χ1v) is 7.12. The molecule has 0 bridgehead atoms. The summed E-state index contributed by atoms with van der Waals surface area (Å²) in [6.45, 7) is 0. The van der Waals surface area contributed by atoms with E-state index in [-0.39, 0.29) is 5.69 Å². The Balaban J connectivity index is 1.98. The molecule has 0 aliphatic heterocycles. The van der Waals surface area contributed by atoms with Crippen LogP contribution >= 0.6 is 0 Å². The maximum Gasteiger partial charge on any atom is 0.160 e. The second-order valence-corrected chi connectivity index (χ2v) is 5.45. The zero-order valence-electron chi connectivity index (χ0n) is 11.6. The SMILES string of the molecule is Cn1nc(C2CCCCC2)nc1-c1cccc(F)c1N. The third kappa shape index (κ3) is 2.28. The molecule has 3 rings (SSSR count). The number of anilines is 1. The van der Waals surface area contributed by atoms with E-state index in [1.807, 2.05) is 7.05 Å². The molecule has 1 aromatic carbocycles. The maximum absolute atomic E-state index is 13.6. The van der Waals surface area contributed by atoms with Crippen molar-refractivity contribution in [1.82, 2.24) is 14.8 Å². The van der Waals surface area contributed by atoms with Gasteiger partial charge in [0.2, 0.25) is 0 Å². The molecule has 0 radical (unpaired) electrons. The number of nitrogens with zero attached hydrogens (tertiary/aromatic N) is 3. The van der Waals surface area contributed by atoms with E-state index in [1.54, 1.807) is 16.8 Å². The van der Waals surface area contributed by atoms with Crippen LogP contribution in [-0.2, 0) is 7.05 Å². The lowest BCUT2D eigenvalue weighted by Crippen LogP contribution is -2.06. The third-order valence-corrected chi connectivity index (χ3v) is 4.04. The average Bonchev–Trinajstić information content (AvgIpc) is 2.85. The summed E-state index contributed by atoms with van der Waals surface area (Å²) in [4.78, 5) is 4.61. The molecule has 1 aliphatic rings. The van der Waals surface area contributed by atoms with Gasteiger partial charge in [-0.2, -0.15) is 5.10 Å². The van der Waals surface area contributed by atoms with Crippen molar-refractivity contribution in [3.63, 3.8) is 0 Å². The fourth-order valence-electron chi connectivity index (χ4n) is 2.90. The van der Waals surface area contributed by atoms with Crippen LogP contribution in [0.2, 0.25) is 0 Å². The van der Waals surface area contributed by atoms with Gasteiger partial charge in [0.05, 0.1) is 5.69 Å². The topological polar surface area (TPSA) is 56.7 Å². The van der Waals surface area contributed by atoms with Gasteiger partial charge in [0.15, 0.2) is 11.6 Å². The largest absolute Gasteiger partial charge is 0.396 e. The van der Waals surface area contributed by atoms with Crippen LogP contribution < -0.4 is 5.73 Å². The number of halogens is 1. The Morgan fingerprint density at radius 1 is 1.25 bits per heavy atom. The van der Waals surface area contributed by atoms with Gasteiger partial charge in [-0.05, 0) is 25.0 Å². The molecule has 1 heterocycles. The molecule has 1 aliphatic carbocycles. The van der Waals surface area contributed by atoms with Gasteiger partial charge in [-0.1, -0.05) is 25.3 Å².